The molecule has 0 radical (unpaired) electrons. The number of nitrogens with zero attached hydrogens (tertiary/aromatic N) is 3. The molecule has 2 aliphatic heterocycles. The van der Waals surface area contributed by atoms with Crippen LogP contribution in [-0.2, 0) is 4.79 Å². The molecule has 0 bridgehead atoms. The molecule has 2 saturated heterocycles. The third kappa shape index (κ3) is 4.26. The third-order valence-corrected chi connectivity index (χ3v) is 6.14. The lowest BCUT2D eigenvalue weighted by Crippen LogP contribution is -2.54. The summed E-state index contributed by atoms with van der Waals surface area (Å²) >= 11 is 6.12. The van der Waals surface area contributed by atoms with E-state index in [0.717, 1.165) is 31.9 Å². The molecule has 2 fully saturated rings. The highest BCUT2D eigenvalue weighted by Gasteiger charge is 2.29. The second-order valence-corrected chi connectivity index (χ2v) is 7.90. The van der Waals surface area contributed by atoms with Gasteiger partial charge in [-0.15, -0.1) is 0 Å². The van der Waals surface area contributed by atoms with Gasteiger partial charge in [-0.2, -0.15) is 0 Å². The Bertz CT molecular complexity index is 621. The van der Waals surface area contributed by atoms with Crippen LogP contribution in [0.1, 0.15) is 33.1 Å². The second kappa shape index (κ2) is 8.49. The number of amides is 1. The van der Waals surface area contributed by atoms with E-state index in [2.05, 4.69) is 23.6 Å². The van der Waals surface area contributed by atoms with Crippen LogP contribution < -0.4 is 9.64 Å². The third-order valence-electron chi connectivity index (χ3n) is 5.83. The van der Waals surface area contributed by atoms with Gasteiger partial charge in [0.2, 0.25) is 5.91 Å². The molecule has 6 heteroatoms. The fourth-order valence-corrected chi connectivity index (χ4v) is 4.30. The Hall–Kier alpha value is -1.46. The van der Waals surface area contributed by atoms with Crippen molar-refractivity contribution in [3.05, 3.63) is 23.2 Å². The maximum Gasteiger partial charge on any atom is 0.236 e. The van der Waals surface area contributed by atoms with Crippen LogP contribution in [-0.4, -0.2) is 67.6 Å². The molecule has 2 unspecified atom stereocenters. The van der Waals surface area contributed by atoms with E-state index >= 15 is 0 Å². The van der Waals surface area contributed by atoms with Gasteiger partial charge in [-0.1, -0.05) is 18.0 Å². The first kappa shape index (κ1) is 19.3. The minimum atomic E-state index is 0.263. The lowest BCUT2D eigenvalue weighted by Gasteiger charge is -2.41. The topological polar surface area (TPSA) is 36.0 Å². The van der Waals surface area contributed by atoms with Crippen molar-refractivity contribution in [2.24, 2.45) is 0 Å². The zero-order valence-corrected chi connectivity index (χ0v) is 16.8. The molecule has 2 heterocycles. The summed E-state index contributed by atoms with van der Waals surface area (Å²) in [6.45, 7) is 8.24. The Balaban J connectivity index is 1.55. The van der Waals surface area contributed by atoms with Gasteiger partial charge in [-0.05, 0) is 38.8 Å². The van der Waals surface area contributed by atoms with Crippen LogP contribution >= 0.6 is 11.6 Å². The largest absolute Gasteiger partial charge is 0.495 e. The summed E-state index contributed by atoms with van der Waals surface area (Å²) in [5.41, 5.74) is 1.09. The van der Waals surface area contributed by atoms with Crippen LogP contribution in [0.3, 0.4) is 0 Å². The lowest BCUT2D eigenvalue weighted by molar-refractivity contribution is -0.134. The number of carbonyl (C=O) groups is 1. The Kier molecular flexibility index (Phi) is 6.30. The van der Waals surface area contributed by atoms with E-state index in [0.29, 0.717) is 29.4 Å². The maximum atomic E-state index is 12.8. The number of hydrogen-bond donors (Lipinski definition) is 0. The number of benzene rings is 1. The molecule has 0 aliphatic carbocycles. The number of carbonyl (C=O) groups excluding carboxylic acids is 1. The van der Waals surface area contributed by atoms with Crippen molar-refractivity contribution in [1.29, 1.82) is 0 Å². The molecule has 1 aromatic carbocycles. The number of piperazine rings is 1. The van der Waals surface area contributed by atoms with E-state index in [1.807, 2.05) is 23.1 Å². The summed E-state index contributed by atoms with van der Waals surface area (Å²) in [5, 5.41) is 0.620. The molecule has 0 saturated carbocycles. The molecular formula is C20H30ClN3O2. The molecule has 2 atom stereocenters. The summed E-state index contributed by atoms with van der Waals surface area (Å²) in [6.07, 6.45) is 3.67. The molecule has 3 rings (SSSR count). The summed E-state index contributed by atoms with van der Waals surface area (Å²) in [7, 11) is 1.63. The molecule has 0 aromatic heterocycles. The van der Waals surface area contributed by atoms with Gasteiger partial charge in [0, 0.05) is 50.0 Å². The molecule has 5 nitrogen and oxygen atoms in total. The highest BCUT2D eigenvalue weighted by Crippen LogP contribution is 2.30. The van der Waals surface area contributed by atoms with Gasteiger partial charge in [0.1, 0.15) is 5.75 Å². The SMILES string of the molecule is COc1cc(N2CCN(C(=O)CN3C(C)CCCC3C)CC2)ccc1Cl. The van der Waals surface area contributed by atoms with Gasteiger partial charge in [-0.3, -0.25) is 9.69 Å². The average molecular weight is 380 g/mol. The first-order valence-corrected chi connectivity index (χ1v) is 9.99. The smallest absolute Gasteiger partial charge is 0.236 e. The normalized spacial score (nSPS) is 24.6. The van der Waals surface area contributed by atoms with Crippen LogP contribution in [0.5, 0.6) is 5.75 Å². The van der Waals surface area contributed by atoms with E-state index < -0.39 is 0 Å². The Labute approximate surface area is 161 Å². The van der Waals surface area contributed by atoms with Crippen molar-refractivity contribution < 1.29 is 9.53 Å². The quantitative estimate of drug-likeness (QED) is 0.804. The van der Waals surface area contributed by atoms with Crippen LogP contribution in [0.2, 0.25) is 5.02 Å². The van der Waals surface area contributed by atoms with Crippen molar-refractivity contribution in [3.8, 4) is 5.75 Å². The molecule has 144 valence electrons. The standard InChI is InChI=1S/C20H30ClN3O2/c1-15-5-4-6-16(2)24(15)14-20(25)23-11-9-22(10-12-23)17-7-8-18(21)19(13-17)26-3/h7-8,13,15-16H,4-6,9-12,14H2,1-3H3. The lowest BCUT2D eigenvalue weighted by atomic mass is 9.97. The maximum absolute atomic E-state index is 12.8. The minimum Gasteiger partial charge on any atom is -0.495 e. The molecule has 1 amide bonds. The molecule has 26 heavy (non-hydrogen) atoms. The predicted octanol–water partition coefficient (Wildman–Crippen LogP) is 3.26. The summed E-state index contributed by atoms with van der Waals surface area (Å²) in [6, 6.07) is 6.86. The number of ether oxygens (including phenoxy) is 1. The number of piperidine rings is 1. The Morgan fingerprint density at radius 2 is 1.81 bits per heavy atom. The minimum absolute atomic E-state index is 0.263. The molecule has 1 aromatic rings. The molecular weight excluding hydrogens is 350 g/mol. The second-order valence-electron chi connectivity index (χ2n) is 7.49. The monoisotopic (exact) mass is 379 g/mol. The number of methoxy groups -OCH3 is 1. The summed E-state index contributed by atoms with van der Waals surface area (Å²) in [4.78, 5) is 19.4. The van der Waals surface area contributed by atoms with Crippen LogP contribution in [0, 0.1) is 0 Å². The zero-order chi connectivity index (χ0) is 18.7. The predicted molar refractivity (Wildman–Crippen MR) is 106 cm³/mol. The summed E-state index contributed by atoms with van der Waals surface area (Å²) < 4.78 is 5.31. The van der Waals surface area contributed by atoms with Crippen LogP contribution in [0.15, 0.2) is 18.2 Å². The zero-order valence-electron chi connectivity index (χ0n) is 16.1. The molecule has 2 aliphatic rings. The van der Waals surface area contributed by atoms with Crippen LogP contribution in [0.4, 0.5) is 5.69 Å². The first-order valence-electron chi connectivity index (χ1n) is 9.61. The van der Waals surface area contributed by atoms with Gasteiger partial charge >= 0.3 is 0 Å². The molecule has 0 N–H and O–H groups in total. The van der Waals surface area contributed by atoms with E-state index in [9.17, 15) is 4.79 Å². The van der Waals surface area contributed by atoms with Crippen molar-refractivity contribution in [2.45, 2.75) is 45.2 Å². The summed E-state index contributed by atoms with van der Waals surface area (Å²) in [5.74, 6) is 0.953. The highest BCUT2D eigenvalue weighted by atomic mass is 35.5. The van der Waals surface area contributed by atoms with Gasteiger partial charge in [0.15, 0.2) is 0 Å². The Morgan fingerprint density at radius 3 is 2.42 bits per heavy atom. The fourth-order valence-electron chi connectivity index (χ4n) is 4.10. The average Bonchev–Trinajstić information content (AvgIpc) is 2.65. The number of anilines is 1. The number of likely N-dealkylation sites (tertiary alicyclic amines) is 1. The number of halogens is 1. The Morgan fingerprint density at radius 1 is 1.15 bits per heavy atom. The van der Waals surface area contributed by atoms with Crippen LogP contribution in [0.25, 0.3) is 0 Å². The van der Waals surface area contributed by atoms with Gasteiger partial charge in [0.25, 0.3) is 0 Å². The van der Waals surface area contributed by atoms with E-state index in [-0.39, 0.29) is 5.91 Å². The van der Waals surface area contributed by atoms with Crippen molar-refractivity contribution in [3.63, 3.8) is 0 Å². The van der Waals surface area contributed by atoms with E-state index in [1.165, 1.54) is 19.3 Å². The van der Waals surface area contributed by atoms with Crippen molar-refractivity contribution in [2.75, 3.05) is 44.7 Å². The van der Waals surface area contributed by atoms with E-state index in [1.54, 1.807) is 7.11 Å². The van der Waals surface area contributed by atoms with Gasteiger partial charge in [0.05, 0.1) is 18.7 Å². The number of hydrogen-bond acceptors (Lipinski definition) is 4. The van der Waals surface area contributed by atoms with Crippen molar-refractivity contribution in [1.82, 2.24) is 9.80 Å². The van der Waals surface area contributed by atoms with E-state index in [4.69, 9.17) is 16.3 Å². The van der Waals surface area contributed by atoms with Crippen molar-refractivity contribution >= 4 is 23.2 Å². The van der Waals surface area contributed by atoms with Gasteiger partial charge < -0.3 is 14.5 Å². The highest BCUT2D eigenvalue weighted by molar-refractivity contribution is 6.32. The van der Waals surface area contributed by atoms with Gasteiger partial charge in [-0.25, -0.2) is 0 Å². The first-order chi connectivity index (χ1) is 12.5. The number of rotatable bonds is 4. The molecule has 0 spiro atoms. The fraction of sp³-hybridized carbons (Fsp3) is 0.650.